The Kier molecular flexibility index (Phi) is 3.57. The van der Waals surface area contributed by atoms with Crippen molar-refractivity contribution in [1.82, 2.24) is 14.3 Å². The number of aryl methyl sites for hydroxylation is 1. The maximum Gasteiger partial charge on any atom is 0.262 e. The highest BCUT2D eigenvalue weighted by atomic mass is 16.2. The number of aromatic nitrogens is 2. The van der Waals surface area contributed by atoms with E-state index in [9.17, 15) is 14.4 Å². The van der Waals surface area contributed by atoms with Gasteiger partial charge in [0, 0.05) is 12.4 Å². The van der Waals surface area contributed by atoms with Gasteiger partial charge in [-0.2, -0.15) is 0 Å². The second-order valence-electron chi connectivity index (χ2n) is 6.26. The van der Waals surface area contributed by atoms with Crippen LogP contribution in [0.1, 0.15) is 33.3 Å². The molecule has 1 aliphatic heterocycles. The predicted octanol–water partition coefficient (Wildman–Crippen LogP) is 2.27. The van der Waals surface area contributed by atoms with E-state index in [4.69, 9.17) is 0 Å². The Morgan fingerprint density at radius 1 is 1.04 bits per heavy atom. The fraction of sp³-hybridized carbons (Fsp3) is 0.158. The molecule has 130 valence electrons. The second kappa shape index (κ2) is 5.80. The van der Waals surface area contributed by atoms with Gasteiger partial charge >= 0.3 is 0 Å². The lowest BCUT2D eigenvalue weighted by Gasteiger charge is -2.21. The summed E-state index contributed by atoms with van der Waals surface area (Å²) in [6, 6.07) is 9.17. The fourth-order valence-electron chi connectivity index (χ4n) is 3.12. The summed E-state index contributed by atoms with van der Waals surface area (Å²) in [5, 5.41) is 2.75. The Hall–Kier alpha value is -3.48. The number of fused-ring (bicyclic) bond motifs is 2. The Labute approximate surface area is 149 Å². The average molecular weight is 348 g/mol. The van der Waals surface area contributed by atoms with Crippen molar-refractivity contribution >= 4 is 29.1 Å². The van der Waals surface area contributed by atoms with Crippen molar-refractivity contribution in [3.8, 4) is 0 Å². The zero-order valence-electron chi connectivity index (χ0n) is 14.3. The SMILES string of the molecule is Cc1cn2cc(NC(=O)C(C)N3C(=O)c4ccccc4C3=O)ccc2n1. The van der Waals surface area contributed by atoms with Gasteiger partial charge in [-0.15, -0.1) is 0 Å². The molecular weight excluding hydrogens is 332 g/mol. The maximum atomic E-state index is 12.6. The summed E-state index contributed by atoms with van der Waals surface area (Å²) in [5.74, 6) is -1.33. The first-order valence-corrected chi connectivity index (χ1v) is 8.19. The molecule has 3 amide bonds. The van der Waals surface area contributed by atoms with Gasteiger partial charge in [-0.3, -0.25) is 19.3 Å². The van der Waals surface area contributed by atoms with Crippen LogP contribution < -0.4 is 5.32 Å². The molecule has 4 rings (SSSR count). The summed E-state index contributed by atoms with van der Waals surface area (Å²) < 4.78 is 1.80. The topological polar surface area (TPSA) is 83.8 Å². The summed E-state index contributed by atoms with van der Waals surface area (Å²) in [6.45, 7) is 3.42. The third-order valence-corrected chi connectivity index (χ3v) is 4.43. The first kappa shape index (κ1) is 16.0. The lowest BCUT2D eigenvalue weighted by Crippen LogP contribution is -2.45. The Balaban J connectivity index is 1.56. The number of amides is 3. The predicted molar refractivity (Wildman–Crippen MR) is 95.0 cm³/mol. The molecule has 0 spiro atoms. The van der Waals surface area contributed by atoms with Crippen molar-refractivity contribution in [2.75, 3.05) is 5.32 Å². The minimum absolute atomic E-state index is 0.326. The number of carbonyl (C=O) groups is 3. The van der Waals surface area contributed by atoms with E-state index in [-0.39, 0.29) is 0 Å². The van der Waals surface area contributed by atoms with Crippen molar-refractivity contribution in [1.29, 1.82) is 0 Å². The number of nitrogens with one attached hydrogen (secondary N) is 1. The number of rotatable bonds is 3. The van der Waals surface area contributed by atoms with Crippen LogP contribution in [0.5, 0.6) is 0 Å². The molecule has 1 unspecified atom stereocenters. The molecule has 1 atom stereocenters. The summed E-state index contributed by atoms with van der Waals surface area (Å²) >= 11 is 0. The number of nitrogens with zero attached hydrogens (tertiary/aromatic N) is 3. The van der Waals surface area contributed by atoms with E-state index in [1.807, 2.05) is 13.1 Å². The summed E-state index contributed by atoms with van der Waals surface area (Å²) in [5.41, 5.74) is 2.85. The normalized spacial score (nSPS) is 14.6. The molecule has 0 saturated carbocycles. The molecular formula is C19H16N4O3. The Bertz CT molecular complexity index is 1030. The highest BCUT2D eigenvalue weighted by molar-refractivity contribution is 6.23. The van der Waals surface area contributed by atoms with Gasteiger partial charge in [0.25, 0.3) is 11.8 Å². The lowest BCUT2D eigenvalue weighted by molar-refractivity contribution is -0.119. The largest absolute Gasteiger partial charge is 0.323 e. The van der Waals surface area contributed by atoms with Crippen LogP contribution >= 0.6 is 0 Å². The molecule has 0 fully saturated rings. The van der Waals surface area contributed by atoms with Gasteiger partial charge in [-0.05, 0) is 38.1 Å². The minimum Gasteiger partial charge on any atom is -0.323 e. The smallest absolute Gasteiger partial charge is 0.262 e. The van der Waals surface area contributed by atoms with Crippen molar-refractivity contribution < 1.29 is 14.4 Å². The maximum absolute atomic E-state index is 12.6. The molecule has 0 saturated heterocycles. The first-order valence-electron chi connectivity index (χ1n) is 8.19. The Morgan fingerprint density at radius 2 is 1.69 bits per heavy atom. The molecule has 1 aromatic carbocycles. The van der Waals surface area contributed by atoms with Gasteiger partial charge in [0.15, 0.2) is 0 Å². The zero-order valence-corrected chi connectivity index (χ0v) is 14.3. The molecule has 0 aliphatic carbocycles. The van der Waals surface area contributed by atoms with E-state index in [0.717, 1.165) is 16.2 Å². The highest BCUT2D eigenvalue weighted by Crippen LogP contribution is 2.25. The van der Waals surface area contributed by atoms with Crippen LogP contribution in [0.15, 0.2) is 48.8 Å². The van der Waals surface area contributed by atoms with Crippen molar-refractivity contribution in [2.24, 2.45) is 0 Å². The summed E-state index contributed by atoms with van der Waals surface area (Å²) in [7, 11) is 0. The minimum atomic E-state index is -0.928. The summed E-state index contributed by atoms with van der Waals surface area (Å²) in [4.78, 5) is 42.9. The van der Waals surface area contributed by atoms with Crippen LogP contribution in [0, 0.1) is 6.92 Å². The highest BCUT2D eigenvalue weighted by Gasteiger charge is 2.40. The molecule has 1 aliphatic rings. The van der Waals surface area contributed by atoms with Crippen molar-refractivity contribution in [3.63, 3.8) is 0 Å². The van der Waals surface area contributed by atoms with E-state index in [1.165, 1.54) is 6.92 Å². The van der Waals surface area contributed by atoms with Crippen molar-refractivity contribution in [2.45, 2.75) is 19.9 Å². The number of imide groups is 1. The molecule has 1 N–H and O–H groups in total. The van der Waals surface area contributed by atoms with E-state index in [1.54, 1.807) is 47.0 Å². The number of hydrogen-bond acceptors (Lipinski definition) is 4. The fourth-order valence-corrected chi connectivity index (χ4v) is 3.12. The number of anilines is 1. The molecule has 26 heavy (non-hydrogen) atoms. The van der Waals surface area contributed by atoms with Gasteiger partial charge in [0.1, 0.15) is 11.7 Å². The Morgan fingerprint density at radius 3 is 2.35 bits per heavy atom. The number of imidazole rings is 1. The quantitative estimate of drug-likeness (QED) is 0.736. The van der Waals surface area contributed by atoms with E-state index in [2.05, 4.69) is 10.3 Å². The molecule has 7 heteroatoms. The van der Waals surface area contributed by atoms with E-state index in [0.29, 0.717) is 16.8 Å². The van der Waals surface area contributed by atoms with Gasteiger partial charge in [-0.1, -0.05) is 12.1 Å². The third-order valence-electron chi connectivity index (χ3n) is 4.43. The first-order chi connectivity index (χ1) is 12.5. The standard InChI is InChI=1S/C19H16N4O3/c1-11-9-22-10-13(7-8-16(22)20-11)21-17(24)12(2)23-18(25)14-5-3-4-6-15(14)19(23)26/h3-10,12H,1-2H3,(H,21,24). The van der Waals surface area contributed by atoms with Crippen LogP contribution in [-0.4, -0.2) is 38.0 Å². The molecule has 3 heterocycles. The molecule has 0 bridgehead atoms. The summed E-state index contributed by atoms with van der Waals surface area (Å²) in [6.07, 6.45) is 3.58. The van der Waals surface area contributed by atoms with Crippen LogP contribution in [0.4, 0.5) is 5.69 Å². The lowest BCUT2D eigenvalue weighted by atomic mass is 10.1. The number of carbonyl (C=O) groups excluding carboxylic acids is 3. The molecule has 7 nitrogen and oxygen atoms in total. The van der Waals surface area contributed by atoms with Gasteiger partial charge in [0.2, 0.25) is 5.91 Å². The van der Waals surface area contributed by atoms with E-state index >= 15 is 0 Å². The monoisotopic (exact) mass is 348 g/mol. The van der Waals surface area contributed by atoms with Crippen LogP contribution in [-0.2, 0) is 4.79 Å². The molecule has 0 radical (unpaired) electrons. The number of benzene rings is 1. The average Bonchev–Trinajstić information content (AvgIpc) is 3.11. The van der Waals surface area contributed by atoms with Crippen molar-refractivity contribution in [3.05, 3.63) is 65.6 Å². The van der Waals surface area contributed by atoms with Crippen LogP contribution in [0.25, 0.3) is 5.65 Å². The van der Waals surface area contributed by atoms with Crippen LogP contribution in [0.3, 0.4) is 0 Å². The molecule has 2 aromatic heterocycles. The molecule has 3 aromatic rings. The number of hydrogen-bond donors (Lipinski definition) is 1. The van der Waals surface area contributed by atoms with E-state index < -0.39 is 23.8 Å². The van der Waals surface area contributed by atoms with Gasteiger partial charge < -0.3 is 9.72 Å². The van der Waals surface area contributed by atoms with Gasteiger partial charge in [0.05, 0.1) is 22.5 Å². The van der Waals surface area contributed by atoms with Gasteiger partial charge in [-0.25, -0.2) is 4.98 Å². The second-order valence-corrected chi connectivity index (χ2v) is 6.26. The zero-order chi connectivity index (χ0) is 18.4. The number of pyridine rings is 1. The third kappa shape index (κ3) is 2.45. The van der Waals surface area contributed by atoms with Crippen LogP contribution in [0.2, 0.25) is 0 Å².